The number of benzene rings is 1. The van der Waals surface area contributed by atoms with Gasteiger partial charge in [0.1, 0.15) is 0 Å². The highest BCUT2D eigenvalue weighted by Crippen LogP contribution is 2.38. The number of carbonyl (C=O) groups is 1. The van der Waals surface area contributed by atoms with Crippen LogP contribution < -0.4 is 0 Å². The molecule has 4 rings (SSSR count). The number of carbonyl (C=O) groups excluding carboxylic acids is 1. The zero-order valence-corrected chi connectivity index (χ0v) is 14.6. The summed E-state index contributed by atoms with van der Waals surface area (Å²) in [6.07, 6.45) is 11.2. The monoisotopic (exact) mass is 324 g/mol. The predicted octanol–water partition coefficient (Wildman–Crippen LogP) is 4.67. The summed E-state index contributed by atoms with van der Waals surface area (Å²) >= 11 is 0. The van der Waals surface area contributed by atoms with Crippen LogP contribution in [0.3, 0.4) is 0 Å². The van der Waals surface area contributed by atoms with Crippen molar-refractivity contribution >= 4 is 16.8 Å². The molecule has 1 aromatic carbocycles. The van der Waals surface area contributed by atoms with Crippen LogP contribution in [-0.2, 0) is 11.2 Å². The van der Waals surface area contributed by atoms with Crippen LogP contribution in [0.2, 0.25) is 0 Å². The molecule has 0 spiro atoms. The fourth-order valence-electron chi connectivity index (χ4n) is 4.95. The Labute approximate surface area is 144 Å². The number of para-hydroxylation sites is 1. The number of hydrogen-bond acceptors (Lipinski definition) is 1. The topological polar surface area (TPSA) is 36.1 Å². The van der Waals surface area contributed by atoms with Crippen molar-refractivity contribution in [1.82, 2.24) is 9.88 Å². The van der Waals surface area contributed by atoms with Gasteiger partial charge in [-0.05, 0) is 56.6 Å². The first-order valence-corrected chi connectivity index (χ1v) is 9.60. The number of likely N-dealkylation sites (tertiary alicyclic amines) is 1. The van der Waals surface area contributed by atoms with E-state index < -0.39 is 0 Å². The minimum atomic E-state index is 0.365. The van der Waals surface area contributed by atoms with Gasteiger partial charge in [-0.15, -0.1) is 0 Å². The van der Waals surface area contributed by atoms with Gasteiger partial charge in [0.2, 0.25) is 5.91 Å². The van der Waals surface area contributed by atoms with Crippen molar-refractivity contribution in [2.24, 2.45) is 5.92 Å². The lowest BCUT2D eigenvalue weighted by Crippen LogP contribution is -2.53. The van der Waals surface area contributed by atoms with Gasteiger partial charge in [-0.2, -0.15) is 0 Å². The summed E-state index contributed by atoms with van der Waals surface area (Å²) in [5, 5.41) is 1.26. The zero-order chi connectivity index (χ0) is 16.5. The molecule has 2 fully saturated rings. The molecule has 3 heteroatoms. The summed E-state index contributed by atoms with van der Waals surface area (Å²) in [5.74, 6) is 1.12. The maximum Gasteiger partial charge on any atom is 0.223 e. The van der Waals surface area contributed by atoms with Gasteiger partial charge in [0.05, 0.1) is 0 Å². The van der Waals surface area contributed by atoms with E-state index in [0.717, 1.165) is 12.3 Å². The molecule has 2 aliphatic rings. The number of piperidine rings is 1. The maximum absolute atomic E-state index is 13.0. The molecule has 0 radical (unpaired) electrons. The van der Waals surface area contributed by atoms with Gasteiger partial charge in [0.15, 0.2) is 0 Å². The fraction of sp³-hybridized carbons (Fsp3) is 0.571. The molecular weight excluding hydrogens is 296 g/mol. The molecule has 128 valence electrons. The maximum atomic E-state index is 13.0. The third-order valence-electron chi connectivity index (χ3n) is 6.23. The third kappa shape index (κ3) is 2.85. The standard InChI is InChI=1S/C21H28N2O/c1-15-10-11-16-6-2-5-9-20(16)23(15)21(24)13-12-17-14-22-19-8-4-3-7-18(17)19/h3-4,7-8,14-16,20,22H,2,5-6,9-13H2,1H3. The van der Waals surface area contributed by atoms with E-state index in [0.29, 0.717) is 24.4 Å². The SMILES string of the molecule is CC1CCC2CCCCC2N1C(=O)CCc1c[nH]c2ccccc12. The number of amides is 1. The molecule has 1 aliphatic carbocycles. The number of hydrogen-bond donors (Lipinski definition) is 1. The molecule has 3 unspecified atom stereocenters. The normalized spacial score (nSPS) is 27.2. The fourth-order valence-corrected chi connectivity index (χ4v) is 4.95. The van der Waals surface area contributed by atoms with Crippen LogP contribution in [-0.4, -0.2) is 27.9 Å². The Morgan fingerprint density at radius 3 is 2.92 bits per heavy atom. The summed E-state index contributed by atoms with van der Waals surface area (Å²) in [7, 11) is 0. The first-order chi connectivity index (χ1) is 11.7. The molecule has 1 N–H and O–H groups in total. The summed E-state index contributed by atoms with van der Waals surface area (Å²) < 4.78 is 0. The highest BCUT2D eigenvalue weighted by molar-refractivity contribution is 5.84. The van der Waals surface area contributed by atoms with Crippen LogP contribution in [0.25, 0.3) is 10.9 Å². The van der Waals surface area contributed by atoms with Gasteiger partial charge in [-0.25, -0.2) is 0 Å². The van der Waals surface area contributed by atoms with E-state index in [4.69, 9.17) is 0 Å². The number of nitrogens with one attached hydrogen (secondary N) is 1. The minimum absolute atomic E-state index is 0.365. The van der Waals surface area contributed by atoms with Crippen molar-refractivity contribution in [3.63, 3.8) is 0 Å². The van der Waals surface area contributed by atoms with Gasteiger partial charge in [0, 0.05) is 35.6 Å². The van der Waals surface area contributed by atoms with E-state index >= 15 is 0 Å². The highest BCUT2D eigenvalue weighted by atomic mass is 16.2. The number of aromatic nitrogens is 1. The van der Waals surface area contributed by atoms with Crippen molar-refractivity contribution in [1.29, 1.82) is 0 Å². The van der Waals surface area contributed by atoms with Crippen LogP contribution in [0.5, 0.6) is 0 Å². The Morgan fingerprint density at radius 2 is 2.00 bits per heavy atom. The van der Waals surface area contributed by atoms with E-state index in [9.17, 15) is 4.79 Å². The predicted molar refractivity (Wildman–Crippen MR) is 97.9 cm³/mol. The molecule has 3 atom stereocenters. The van der Waals surface area contributed by atoms with Crippen molar-refractivity contribution in [2.45, 2.75) is 70.4 Å². The van der Waals surface area contributed by atoms with E-state index in [1.165, 1.54) is 55.0 Å². The van der Waals surface area contributed by atoms with E-state index in [1.54, 1.807) is 0 Å². The van der Waals surface area contributed by atoms with Crippen LogP contribution in [0.4, 0.5) is 0 Å². The Hall–Kier alpha value is -1.77. The van der Waals surface area contributed by atoms with E-state index in [-0.39, 0.29) is 0 Å². The lowest BCUT2D eigenvalue weighted by Gasteiger charge is -2.47. The van der Waals surface area contributed by atoms with Crippen molar-refractivity contribution in [3.8, 4) is 0 Å². The van der Waals surface area contributed by atoms with Crippen molar-refractivity contribution < 1.29 is 4.79 Å². The molecule has 1 aliphatic heterocycles. The summed E-state index contributed by atoms with van der Waals surface area (Å²) in [4.78, 5) is 18.6. The van der Waals surface area contributed by atoms with E-state index in [1.807, 2.05) is 6.07 Å². The number of H-pyrrole nitrogens is 1. The molecular formula is C21H28N2O. The zero-order valence-electron chi connectivity index (χ0n) is 14.6. The summed E-state index contributed by atoms with van der Waals surface area (Å²) in [6, 6.07) is 9.29. The molecule has 1 amide bonds. The Morgan fingerprint density at radius 1 is 1.17 bits per heavy atom. The summed E-state index contributed by atoms with van der Waals surface area (Å²) in [5.41, 5.74) is 2.43. The average molecular weight is 324 g/mol. The number of rotatable bonds is 3. The molecule has 3 nitrogen and oxygen atoms in total. The lowest BCUT2D eigenvalue weighted by molar-refractivity contribution is -0.141. The van der Waals surface area contributed by atoms with Gasteiger partial charge in [-0.3, -0.25) is 4.79 Å². The first-order valence-electron chi connectivity index (χ1n) is 9.60. The highest BCUT2D eigenvalue weighted by Gasteiger charge is 2.38. The molecule has 1 saturated heterocycles. The van der Waals surface area contributed by atoms with Crippen molar-refractivity contribution in [3.05, 3.63) is 36.0 Å². The average Bonchev–Trinajstić information content (AvgIpc) is 3.03. The smallest absolute Gasteiger partial charge is 0.223 e. The molecule has 24 heavy (non-hydrogen) atoms. The number of fused-ring (bicyclic) bond motifs is 2. The molecule has 0 bridgehead atoms. The molecule has 1 saturated carbocycles. The van der Waals surface area contributed by atoms with Gasteiger partial charge in [0.25, 0.3) is 0 Å². The Balaban J connectivity index is 1.46. The van der Waals surface area contributed by atoms with Crippen molar-refractivity contribution in [2.75, 3.05) is 0 Å². The van der Waals surface area contributed by atoms with Crippen LogP contribution in [0.15, 0.2) is 30.5 Å². The number of aromatic amines is 1. The second-order valence-corrected chi connectivity index (χ2v) is 7.70. The first kappa shape index (κ1) is 15.7. The lowest BCUT2D eigenvalue weighted by atomic mass is 9.76. The largest absolute Gasteiger partial charge is 0.361 e. The molecule has 1 aromatic heterocycles. The minimum Gasteiger partial charge on any atom is -0.361 e. The van der Waals surface area contributed by atoms with Gasteiger partial charge in [-0.1, -0.05) is 31.0 Å². The Bertz CT molecular complexity index is 719. The van der Waals surface area contributed by atoms with E-state index in [2.05, 4.69) is 41.2 Å². The molecule has 2 heterocycles. The number of aryl methyl sites for hydroxylation is 1. The van der Waals surface area contributed by atoms with Gasteiger partial charge >= 0.3 is 0 Å². The summed E-state index contributed by atoms with van der Waals surface area (Å²) in [6.45, 7) is 2.24. The third-order valence-corrected chi connectivity index (χ3v) is 6.23. The van der Waals surface area contributed by atoms with Crippen LogP contribution >= 0.6 is 0 Å². The van der Waals surface area contributed by atoms with Crippen LogP contribution in [0, 0.1) is 5.92 Å². The molecule has 2 aromatic rings. The number of nitrogens with zero attached hydrogens (tertiary/aromatic N) is 1. The quantitative estimate of drug-likeness (QED) is 0.875. The second kappa shape index (κ2) is 6.62. The second-order valence-electron chi connectivity index (χ2n) is 7.70. The van der Waals surface area contributed by atoms with Gasteiger partial charge < -0.3 is 9.88 Å². The van der Waals surface area contributed by atoms with Crippen LogP contribution in [0.1, 0.15) is 57.4 Å². The Kier molecular flexibility index (Phi) is 4.34.